The molecule has 0 spiro atoms. The number of hydrogen-bond acceptors (Lipinski definition) is 4. The fraction of sp³-hybridized carbons (Fsp3) is 0.368. The van der Waals surface area contributed by atoms with Gasteiger partial charge in [-0.3, -0.25) is 0 Å². The molecule has 0 bridgehead atoms. The standard InChI is InChI=1S/C19H22ClNO5/c1-4-12-16(18(24)25)21-14(17(22)23)10-19(12,5-2)13-9-11(20)7-8-15(13)26-6-3/h7-10,21H,4-6H2,1-3H3,(H,22,23)(H,24,25). The quantitative estimate of drug-likeness (QED) is 0.668. The Kier molecular flexibility index (Phi) is 5.97. The minimum atomic E-state index is -1.23. The van der Waals surface area contributed by atoms with Crippen molar-refractivity contribution in [3.05, 3.63) is 51.8 Å². The van der Waals surface area contributed by atoms with Crippen LogP contribution in [0.2, 0.25) is 5.02 Å². The van der Waals surface area contributed by atoms with Gasteiger partial charge in [0.1, 0.15) is 17.1 Å². The lowest BCUT2D eigenvalue weighted by atomic mass is 9.68. The number of hydrogen-bond donors (Lipinski definition) is 3. The van der Waals surface area contributed by atoms with Crippen molar-refractivity contribution in [1.82, 2.24) is 5.32 Å². The maximum atomic E-state index is 11.8. The van der Waals surface area contributed by atoms with Crippen LogP contribution in [-0.4, -0.2) is 28.8 Å². The Bertz CT molecular complexity index is 799. The molecule has 0 saturated heterocycles. The minimum absolute atomic E-state index is 0.114. The molecule has 1 aromatic carbocycles. The molecule has 0 radical (unpaired) electrons. The van der Waals surface area contributed by atoms with Gasteiger partial charge in [0, 0.05) is 16.0 Å². The Labute approximate surface area is 157 Å². The second-order valence-corrected chi connectivity index (χ2v) is 6.34. The van der Waals surface area contributed by atoms with Crippen LogP contribution in [-0.2, 0) is 15.0 Å². The van der Waals surface area contributed by atoms with Gasteiger partial charge in [0.2, 0.25) is 0 Å². The number of carbonyl (C=O) groups is 2. The average Bonchev–Trinajstić information content (AvgIpc) is 2.61. The van der Waals surface area contributed by atoms with Crippen molar-refractivity contribution in [3.63, 3.8) is 0 Å². The van der Waals surface area contributed by atoms with Gasteiger partial charge in [-0.25, -0.2) is 9.59 Å². The van der Waals surface area contributed by atoms with Crippen LogP contribution in [0.3, 0.4) is 0 Å². The lowest BCUT2D eigenvalue weighted by Gasteiger charge is -2.38. The summed E-state index contributed by atoms with van der Waals surface area (Å²) in [6, 6.07) is 5.13. The molecule has 3 N–H and O–H groups in total. The highest BCUT2D eigenvalue weighted by Gasteiger charge is 2.42. The Morgan fingerprint density at radius 2 is 1.88 bits per heavy atom. The summed E-state index contributed by atoms with van der Waals surface area (Å²) in [6.07, 6.45) is 2.44. The maximum absolute atomic E-state index is 11.8. The Hall–Kier alpha value is -2.47. The van der Waals surface area contributed by atoms with Crippen molar-refractivity contribution in [2.24, 2.45) is 0 Å². The first-order valence-corrected chi connectivity index (χ1v) is 8.81. The smallest absolute Gasteiger partial charge is 0.352 e. The molecule has 26 heavy (non-hydrogen) atoms. The number of dihydropyridines is 1. The number of ether oxygens (including phenoxy) is 1. The van der Waals surface area contributed by atoms with Crippen LogP contribution < -0.4 is 10.1 Å². The van der Waals surface area contributed by atoms with Gasteiger partial charge in [-0.05, 0) is 49.6 Å². The van der Waals surface area contributed by atoms with Crippen molar-refractivity contribution in [1.29, 1.82) is 0 Å². The summed E-state index contributed by atoms with van der Waals surface area (Å²) >= 11 is 6.20. The highest BCUT2D eigenvalue weighted by molar-refractivity contribution is 6.30. The molecular formula is C19H22ClNO5. The van der Waals surface area contributed by atoms with E-state index < -0.39 is 17.4 Å². The number of nitrogens with one attached hydrogen (secondary N) is 1. The Morgan fingerprint density at radius 1 is 1.19 bits per heavy atom. The van der Waals surface area contributed by atoms with E-state index in [1.807, 2.05) is 20.8 Å². The first-order chi connectivity index (χ1) is 12.3. The highest BCUT2D eigenvalue weighted by Crippen LogP contribution is 2.47. The van der Waals surface area contributed by atoms with E-state index in [2.05, 4.69) is 5.32 Å². The summed E-state index contributed by atoms with van der Waals surface area (Å²) in [4.78, 5) is 23.4. The van der Waals surface area contributed by atoms with Gasteiger partial charge in [0.25, 0.3) is 0 Å². The molecular weight excluding hydrogens is 358 g/mol. The monoisotopic (exact) mass is 379 g/mol. The SMILES string of the molecule is CCOc1ccc(Cl)cc1C1(CC)C=C(C(=O)O)NC(C(=O)O)=C1CC. The van der Waals surface area contributed by atoms with E-state index in [-0.39, 0.29) is 11.4 Å². The minimum Gasteiger partial charge on any atom is -0.494 e. The second kappa shape index (κ2) is 7.83. The molecule has 6 nitrogen and oxygen atoms in total. The van der Waals surface area contributed by atoms with Crippen molar-refractivity contribution in [2.45, 2.75) is 39.0 Å². The summed E-state index contributed by atoms with van der Waals surface area (Å²) < 4.78 is 5.73. The molecule has 0 saturated carbocycles. The molecule has 1 aromatic rings. The number of aliphatic carboxylic acids is 2. The van der Waals surface area contributed by atoms with Gasteiger partial charge < -0.3 is 20.3 Å². The van der Waals surface area contributed by atoms with Gasteiger partial charge in [-0.1, -0.05) is 25.4 Å². The predicted molar refractivity (Wildman–Crippen MR) is 98.4 cm³/mol. The Morgan fingerprint density at radius 3 is 2.38 bits per heavy atom. The van der Waals surface area contributed by atoms with Crippen LogP contribution >= 0.6 is 11.6 Å². The van der Waals surface area contributed by atoms with Crippen molar-refractivity contribution in [2.75, 3.05) is 6.61 Å². The molecule has 7 heteroatoms. The lowest BCUT2D eigenvalue weighted by molar-refractivity contribution is -0.133. The van der Waals surface area contributed by atoms with Gasteiger partial charge in [0.05, 0.1) is 6.61 Å². The first-order valence-electron chi connectivity index (χ1n) is 8.43. The van der Waals surface area contributed by atoms with E-state index in [1.165, 1.54) is 0 Å². The van der Waals surface area contributed by atoms with Crippen LogP contribution in [0.1, 0.15) is 39.2 Å². The summed E-state index contributed by atoms with van der Waals surface area (Å²) in [6.45, 7) is 5.98. The third kappa shape index (κ3) is 3.42. The van der Waals surface area contributed by atoms with Gasteiger partial charge in [-0.15, -0.1) is 0 Å². The van der Waals surface area contributed by atoms with Crippen LogP contribution in [0, 0.1) is 0 Å². The molecule has 1 heterocycles. The molecule has 1 aliphatic heterocycles. The second-order valence-electron chi connectivity index (χ2n) is 5.90. The van der Waals surface area contributed by atoms with Gasteiger partial charge in [-0.2, -0.15) is 0 Å². The van der Waals surface area contributed by atoms with E-state index in [4.69, 9.17) is 16.3 Å². The number of halogens is 1. The summed E-state index contributed by atoms with van der Waals surface area (Å²) in [5, 5.41) is 22.1. The van der Waals surface area contributed by atoms with E-state index in [0.717, 1.165) is 0 Å². The molecule has 0 aromatic heterocycles. The van der Waals surface area contributed by atoms with Crippen molar-refractivity contribution < 1.29 is 24.5 Å². The number of carboxylic acid groups (broad SMARTS) is 2. The molecule has 2 rings (SSSR count). The normalized spacial score (nSPS) is 19.6. The Balaban J connectivity index is 2.88. The number of allylic oxidation sites excluding steroid dienone is 2. The third-order valence-electron chi connectivity index (χ3n) is 4.57. The summed E-state index contributed by atoms with van der Waals surface area (Å²) in [7, 11) is 0. The number of carboxylic acids is 2. The van der Waals surface area contributed by atoms with Crippen LogP contribution in [0.15, 0.2) is 41.2 Å². The van der Waals surface area contributed by atoms with Crippen LogP contribution in [0.25, 0.3) is 0 Å². The van der Waals surface area contributed by atoms with E-state index in [9.17, 15) is 19.8 Å². The van der Waals surface area contributed by atoms with Crippen LogP contribution in [0.4, 0.5) is 0 Å². The van der Waals surface area contributed by atoms with Gasteiger partial charge in [0.15, 0.2) is 0 Å². The molecule has 0 amide bonds. The summed E-state index contributed by atoms with van der Waals surface area (Å²) in [5.74, 6) is -1.87. The maximum Gasteiger partial charge on any atom is 0.352 e. The number of benzene rings is 1. The first kappa shape index (κ1) is 19.8. The zero-order valence-electron chi connectivity index (χ0n) is 14.9. The van der Waals surface area contributed by atoms with Crippen molar-refractivity contribution in [3.8, 4) is 5.75 Å². The number of rotatable bonds is 7. The average molecular weight is 380 g/mol. The summed E-state index contributed by atoms with van der Waals surface area (Å²) in [5.41, 5.74) is 0.00286. The third-order valence-corrected chi connectivity index (χ3v) is 4.80. The zero-order valence-corrected chi connectivity index (χ0v) is 15.7. The fourth-order valence-electron chi connectivity index (χ4n) is 3.47. The van der Waals surface area contributed by atoms with E-state index >= 15 is 0 Å². The highest BCUT2D eigenvalue weighted by atomic mass is 35.5. The molecule has 0 fully saturated rings. The zero-order chi connectivity index (χ0) is 19.5. The van der Waals surface area contributed by atoms with E-state index in [1.54, 1.807) is 24.3 Å². The van der Waals surface area contributed by atoms with Crippen molar-refractivity contribution >= 4 is 23.5 Å². The topological polar surface area (TPSA) is 95.9 Å². The van der Waals surface area contributed by atoms with Gasteiger partial charge >= 0.3 is 11.9 Å². The molecule has 1 aliphatic rings. The molecule has 1 atom stereocenters. The molecule has 0 aliphatic carbocycles. The molecule has 140 valence electrons. The lowest BCUT2D eigenvalue weighted by Crippen LogP contribution is -2.39. The molecule has 1 unspecified atom stereocenters. The largest absolute Gasteiger partial charge is 0.494 e. The van der Waals surface area contributed by atoms with Crippen LogP contribution in [0.5, 0.6) is 5.75 Å². The predicted octanol–water partition coefficient (Wildman–Crippen LogP) is 3.71. The fourth-order valence-corrected chi connectivity index (χ4v) is 3.64. The van der Waals surface area contributed by atoms with E-state index in [0.29, 0.717) is 41.4 Å².